The highest BCUT2D eigenvalue weighted by atomic mass is 16.5. The lowest BCUT2D eigenvalue weighted by Crippen LogP contribution is -2.47. The molecular weight excluding hydrogens is 374 g/mol. The lowest BCUT2D eigenvalue weighted by Gasteiger charge is -2.36. The Balaban J connectivity index is 1.32. The van der Waals surface area contributed by atoms with Crippen LogP contribution in [0.4, 0.5) is 5.69 Å². The molecule has 1 N–H and O–H groups in total. The van der Waals surface area contributed by atoms with Crippen molar-refractivity contribution in [3.05, 3.63) is 30.3 Å². The number of unbranched alkanes of at least 4 members (excludes halogenated alkanes) is 1. The average molecular weight is 416 g/mol. The van der Waals surface area contributed by atoms with Crippen LogP contribution >= 0.6 is 0 Å². The Morgan fingerprint density at radius 2 is 1.73 bits per heavy atom. The molecule has 0 aromatic heterocycles. The van der Waals surface area contributed by atoms with Crippen LogP contribution in [-0.2, 0) is 4.74 Å². The minimum absolute atomic E-state index is 0.427. The minimum atomic E-state index is 0.427. The van der Waals surface area contributed by atoms with Gasteiger partial charge in [-0.25, -0.2) is 0 Å². The van der Waals surface area contributed by atoms with Gasteiger partial charge in [-0.15, -0.1) is 0 Å². The van der Waals surface area contributed by atoms with Gasteiger partial charge in [-0.1, -0.05) is 18.2 Å². The van der Waals surface area contributed by atoms with Crippen molar-refractivity contribution in [3.63, 3.8) is 0 Å². The number of nitrogens with one attached hydrogen (secondary N) is 1. The summed E-state index contributed by atoms with van der Waals surface area (Å²) in [4.78, 5) is 12.4. The van der Waals surface area contributed by atoms with E-state index in [0.717, 1.165) is 84.2 Å². The second-order valence-electron chi connectivity index (χ2n) is 8.25. The summed E-state index contributed by atoms with van der Waals surface area (Å²) in [6.07, 6.45) is 5.01. The second kappa shape index (κ2) is 12.8. The average Bonchev–Trinajstić information content (AvgIpc) is 2.80. The number of aliphatic imine (C=N–C) groups is 1. The van der Waals surface area contributed by atoms with Gasteiger partial charge in [-0.05, 0) is 58.2 Å². The topological polar surface area (TPSA) is 43.3 Å². The van der Waals surface area contributed by atoms with Gasteiger partial charge in [-0.3, -0.25) is 9.89 Å². The summed E-state index contributed by atoms with van der Waals surface area (Å²) in [6.45, 7) is 14.8. The van der Waals surface area contributed by atoms with Crippen LogP contribution in [0.25, 0.3) is 0 Å². The number of piperazine rings is 1. The first-order valence-corrected chi connectivity index (χ1v) is 12.0. The Kier molecular flexibility index (Phi) is 9.77. The number of likely N-dealkylation sites (tertiary alicyclic amines) is 1. The molecule has 0 spiro atoms. The van der Waals surface area contributed by atoms with E-state index in [0.29, 0.717) is 6.10 Å². The fraction of sp³-hybridized carbons (Fsp3) is 0.708. The number of para-hydroxylation sites is 1. The van der Waals surface area contributed by atoms with Crippen molar-refractivity contribution in [1.82, 2.24) is 15.1 Å². The highest BCUT2D eigenvalue weighted by Crippen LogP contribution is 2.16. The number of rotatable bonds is 9. The SMILES string of the molecule is CCNC(=NCCCCN1CCN(c2ccccc2)CC1)N1CCC(OCC)CC1. The molecule has 0 aliphatic carbocycles. The molecule has 30 heavy (non-hydrogen) atoms. The van der Waals surface area contributed by atoms with Crippen molar-refractivity contribution in [2.24, 2.45) is 4.99 Å². The molecule has 0 radical (unpaired) electrons. The van der Waals surface area contributed by atoms with Crippen LogP contribution in [-0.4, -0.2) is 87.4 Å². The van der Waals surface area contributed by atoms with Crippen molar-refractivity contribution in [3.8, 4) is 0 Å². The Labute approximate surface area is 183 Å². The van der Waals surface area contributed by atoms with Gasteiger partial charge in [0.1, 0.15) is 0 Å². The third kappa shape index (κ3) is 7.17. The summed E-state index contributed by atoms with van der Waals surface area (Å²) in [5.41, 5.74) is 1.35. The largest absolute Gasteiger partial charge is 0.378 e. The van der Waals surface area contributed by atoms with E-state index in [1.54, 1.807) is 0 Å². The first kappa shape index (κ1) is 22.9. The zero-order valence-electron chi connectivity index (χ0n) is 19.1. The lowest BCUT2D eigenvalue weighted by atomic mass is 10.1. The van der Waals surface area contributed by atoms with Crippen LogP contribution in [0, 0.1) is 0 Å². The first-order valence-electron chi connectivity index (χ1n) is 12.0. The van der Waals surface area contributed by atoms with Gasteiger partial charge in [-0.2, -0.15) is 0 Å². The first-order chi connectivity index (χ1) is 14.8. The van der Waals surface area contributed by atoms with Crippen molar-refractivity contribution in [1.29, 1.82) is 0 Å². The van der Waals surface area contributed by atoms with Crippen LogP contribution < -0.4 is 10.2 Å². The standard InChI is InChI=1S/C24H41N5O/c1-3-25-24(29-16-12-23(13-17-29)30-4-2)26-14-8-9-15-27-18-20-28(21-19-27)22-10-6-5-7-11-22/h5-7,10-11,23H,3-4,8-9,12-21H2,1-2H3,(H,25,26). The number of guanidine groups is 1. The van der Waals surface area contributed by atoms with Crippen LogP contribution in [0.3, 0.4) is 0 Å². The Bertz CT molecular complexity index is 607. The molecule has 2 aliphatic heterocycles. The van der Waals surface area contributed by atoms with Crippen molar-refractivity contribution < 1.29 is 4.74 Å². The van der Waals surface area contributed by atoms with Crippen LogP contribution in [0.2, 0.25) is 0 Å². The van der Waals surface area contributed by atoms with Gasteiger partial charge in [0.25, 0.3) is 0 Å². The number of anilines is 1. The molecule has 2 heterocycles. The molecule has 2 fully saturated rings. The zero-order valence-corrected chi connectivity index (χ0v) is 19.1. The van der Waals surface area contributed by atoms with Crippen molar-refractivity contribution in [2.75, 3.05) is 70.4 Å². The summed E-state index contributed by atoms with van der Waals surface area (Å²) < 4.78 is 5.78. The number of nitrogens with zero attached hydrogens (tertiary/aromatic N) is 4. The molecule has 2 saturated heterocycles. The third-order valence-corrected chi connectivity index (χ3v) is 6.12. The zero-order chi connectivity index (χ0) is 21.0. The van der Waals surface area contributed by atoms with Crippen LogP contribution in [0.5, 0.6) is 0 Å². The van der Waals surface area contributed by atoms with E-state index in [1.807, 2.05) is 0 Å². The molecule has 0 bridgehead atoms. The normalized spacial score (nSPS) is 19.3. The van der Waals surface area contributed by atoms with Gasteiger partial charge >= 0.3 is 0 Å². The van der Waals surface area contributed by atoms with E-state index >= 15 is 0 Å². The van der Waals surface area contributed by atoms with Crippen molar-refractivity contribution in [2.45, 2.75) is 45.6 Å². The molecule has 0 saturated carbocycles. The molecule has 0 unspecified atom stereocenters. The van der Waals surface area contributed by atoms with Gasteiger partial charge < -0.3 is 19.9 Å². The Morgan fingerprint density at radius 3 is 2.40 bits per heavy atom. The summed E-state index contributed by atoms with van der Waals surface area (Å²) in [6, 6.07) is 10.8. The third-order valence-electron chi connectivity index (χ3n) is 6.12. The molecule has 6 heteroatoms. The second-order valence-corrected chi connectivity index (χ2v) is 8.25. The highest BCUT2D eigenvalue weighted by Gasteiger charge is 2.21. The highest BCUT2D eigenvalue weighted by molar-refractivity contribution is 5.80. The molecule has 1 aromatic carbocycles. The number of piperidine rings is 1. The Hall–Kier alpha value is -1.79. The molecule has 0 amide bonds. The predicted octanol–water partition coefficient (Wildman–Crippen LogP) is 3.06. The van der Waals surface area contributed by atoms with E-state index in [2.05, 4.69) is 64.2 Å². The fourth-order valence-electron chi connectivity index (χ4n) is 4.40. The minimum Gasteiger partial charge on any atom is -0.378 e. The van der Waals surface area contributed by atoms with Gasteiger partial charge in [0.05, 0.1) is 6.10 Å². The van der Waals surface area contributed by atoms with E-state index in [9.17, 15) is 0 Å². The van der Waals surface area contributed by atoms with Gasteiger partial charge in [0.15, 0.2) is 5.96 Å². The molecule has 0 atom stereocenters. The van der Waals surface area contributed by atoms with E-state index < -0.39 is 0 Å². The monoisotopic (exact) mass is 415 g/mol. The smallest absolute Gasteiger partial charge is 0.193 e. The number of hydrogen-bond acceptors (Lipinski definition) is 4. The summed E-state index contributed by atoms with van der Waals surface area (Å²) >= 11 is 0. The maximum absolute atomic E-state index is 5.78. The molecular formula is C24H41N5O. The van der Waals surface area contributed by atoms with Crippen LogP contribution in [0.1, 0.15) is 39.5 Å². The van der Waals surface area contributed by atoms with Crippen molar-refractivity contribution >= 4 is 11.6 Å². The molecule has 2 aliphatic rings. The molecule has 6 nitrogen and oxygen atoms in total. The summed E-state index contributed by atoms with van der Waals surface area (Å²) in [5.74, 6) is 1.09. The summed E-state index contributed by atoms with van der Waals surface area (Å²) in [5, 5.41) is 3.48. The molecule has 168 valence electrons. The number of ether oxygens (including phenoxy) is 1. The van der Waals surface area contributed by atoms with Gasteiger partial charge in [0.2, 0.25) is 0 Å². The van der Waals surface area contributed by atoms with E-state index in [1.165, 1.54) is 18.7 Å². The Morgan fingerprint density at radius 1 is 1.00 bits per heavy atom. The van der Waals surface area contributed by atoms with E-state index in [-0.39, 0.29) is 0 Å². The number of benzene rings is 1. The fourth-order valence-corrected chi connectivity index (χ4v) is 4.40. The van der Waals surface area contributed by atoms with Crippen LogP contribution in [0.15, 0.2) is 35.3 Å². The molecule has 3 rings (SSSR count). The maximum atomic E-state index is 5.78. The van der Waals surface area contributed by atoms with Gasteiger partial charge in [0, 0.05) is 64.7 Å². The maximum Gasteiger partial charge on any atom is 0.193 e. The molecule has 1 aromatic rings. The lowest BCUT2D eigenvalue weighted by molar-refractivity contribution is 0.0264. The number of hydrogen-bond donors (Lipinski definition) is 1. The predicted molar refractivity (Wildman–Crippen MR) is 127 cm³/mol. The van der Waals surface area contributed by atoms with E-state index in [4.69, 9.17) is 9.73 Å². The summed E-state index contributed by atoms with van der Waals surface area (Å²) in [7, 11) is 0. The quantitative estimate of drug-likeness (QED) is 0.381.